The Balaban J connectivity index is 0. The zero-order valence-corrected chi connectivity index (χ0v) is 13.5. The number of halogens is 13. The van der Waals surface area contributed by atoms with E-state index in [0.29, 0.717) is 0 Å². The molecule has 23 heavy (non-hydrogen) atoms. The van der Waals surface area contributed by atoms with E-state index < -0.39 is 69.7 Å². The fourth-order valence-corrected chi connectivity index (χ4v) is 1.16. The molecule has 17 heteroatoms. The maximum atomic E-state index is 12.6. The molecule has 0 bridgehead atoms. The Morgan fingerprint density at radius 2 is 0.826 bits per heavy atom. The Labute approximate surface area is 136 Å². The first-order valence-corrected chi connectivity index (χ1v) is 6.69. The van der Waals surface area contributed by atoms with Gasteiger partial charge in [0.25, 0.3) is 0 Å². The van der Waals surface area contributed by atoms with Crippen LogP contribution in [0.5, 0.6) is 0 Å². The maximum absolute atomic E-state index is 12.6. The first-order chi connectivity index (χ1) is 9.66. The van der Waals surface area contributed by atoms with Crippen LogP contribution in [0.4, 0.5) is 57.1 Å². The summed E-state index contributed by atoms with van der Waals surface area (Å²) in [6, 6.07) is 0. The molecule has 0 aromatic rings. The summed E-state index contributed by atoms with van der Waals surface area (Å²) in [6.07, 6.45) is -7.35. The molecule has 0 aromatic heterocycles. The van der Waals surface area contributed by atoms with Crippen molar-refractivity contribution in [3.63, 3.8) is 0 Å². The molecule has 2 nitrogen and oxygen atoms in total. The Morgan fingerprint density at radius 3 is 1.00 bits per heavy atom. The minimum Gasteiger partial charge on any atom is -0.348 e. The summed E-state index contributed by atoms with van der Waals surface area (Å²) in [4.78, 5) is 7.10. The van der Waals surface area contributed by atoms with Gasteiger partial charge in [-0.05, 0) is 0 Å². The summed E-state index contributed by atoms with van der Waals surface area (Å²) < 4.78 is 161. The average molecular weight is 408 g/mol. The van der Waals surface area contributed by atoms with Gasteiger partial charge in [0.15, 0.2) is 8.69 Å². The average Bonchev–Trinajstić information content (AvgIpc) is 2.26. The van der Waals surface area contributed by atoms with Gasteiger partial charge >= 0.3 is 118 Å². The molecule has 0 aromatic carbocycles. The van der Waals surface area contributed by atoms with Crippen molar-refractivity contribution in [3.05, 3.63) is 0 Å². The first-order valence-electron chi connectivity index (χ1n) is 4.70. The van der Waals surface area contributed by atoms with Crippen molar-refractivity contribution >= 4 is 36.6 Å². The third kappa shape index (κ3) is 4.47. The summed E-state index contributed by atoms with van der Waals surface area (Å²) in [5, 5.41) is 0. The topological polar surface area (TPSA) is 37.3 Å². The van der Waals surface area contributed by atoms with Gasteiger partial charge in [0, 0.05) is 0 Å². The molecule has 0 rings (SSSR count). The van der Waals surface area contributed by atoms with E-state index in [9.17, 15) is 57.1 Å². The van der Waals surface area contributed by atoms with Crippen LogP contribution in [-0.2, 0) is 4.57 Å². The number of alkyl halides is 13. The van der Waals surface area contributed by atoms with Crippen LogP contribution in [0, 0.1) is 0 Å². The van der Waals surface area contributed by atoms with E-state index in [4.69, 9.17) is 9.46 Å². The van der Waals surface area contributed by atoms with Gasteiger partial charge in [0.05, 0.1) is 0 Å². The first kappa shape index (κ1) is 25.5. The van der Waals surface area contributed by atoms with Crippen molar-refractivity contribution in [1.29, 1.82) is 0 Å². The number of hydrogen-bond acceptors (Lipinski definition) is 1. The Morgan fingerprint density at radius 1 is 0.609 bits per heavy atom. The zero-order chi connectivity index (χ0) is 19.7. The van der Waals surface area contributed by atoms with E-state index in [1.165, 1.54) is 0 Å². The van der Waals surface area contributed by atoms with Crippen LogP contribution in [0.3, 0.4) is 0 Å². The Hall–Kier alpha value is 0.280. The van der Waals surface area contributed by atoms with E-state index in [-0.39, 0.29) is 0 Å². The van der Waals surface area contributed by atoms with Crippen LogP contribution < -0.4 is 0 Å². The molecule has 0 saturated heterocycles. The van der Waals surface area contributed by atoms with Gasteiger partial charge in [-0.15, -0.1) is 0 Å². The molecule has 1 atom stereocenters. The van der Waals surface area contributed by atoms with Gasteiger partial charge < -0.3 is 4.89 Å². The van der Waals surface area contributed by atoms with Gasteiger partial charge in [-0.25, -0.2) is 0 Å². The van der Waals surface area contributed by atoms with Crippen molar-refractivity contribution < 1.29 is 66.5 Å². The molecule has 0 radical (unpaired) electrons. The van der Waals surface area contributed by atoms with Crippen molar-refractivity contribution in [2.45, 2.75) is 33.0 Å². The van der Waals surface area contributed by atoms with E-state index in [2.05, 4.69) is 0 Å². The SMILES string of the molecule is FC(F)(F)C(F)(F)C(F)(F)C(F)(F)C(F)(F)[C](F)(F)[Na].O=[PH2]O. The van der Waals surface area contributed by atoms with Gasteiger partial charge in [-0.3, -0.25) is 4.57 Å². The minimum atomic E-state index is -7.78. The Bertz CT molecular complexity index is 378. The molecule has 0 aliphatic rings. The summed E-state index contributed by atoms with van der Waals surface area (Å²) in [7, 11) is -1.50. The van der Waals surface area contributed by atoms with E-state index >= 15 is 0 Å². The summed E-state index contributed by atoms with van der Waals surface area (Å²) in [5.74, 6) is -30.1. The van der Waals surface area contributed by atoms with Crippen LogP contribution in [0.2, 0.25) is 0 Å². The maximum Gasteiger partial charge on any atom is 0.177 e. The van der Waals surface area contributed by atoms with Gasteiger partial charge in [-0.1, -0.05) is 0 Å². The second-order valence-electron chi connectivity index (χ2n) is 3.79. The smallest absolute Gasteiger partial charge is 0.177 e. The predicted molar refractivity (Wildman–Crippen MR) is 49.2 cm³/mol. The van der Waals surface area contributed by atoms with E-state index in [1.54, 1.807) is 0 Å². The molecular weight excluding hydrogens is 405 g/mol. The molecular formula is C6H3F13NaO2P. The Kier molecular flexibility index (Phi) is 8.05. The summed E-state index contributed by atoms with van der Waals surface area (Å²) in [5.41, 5.74) is 0. The normalized spacial score (nSPS) is 15.7. The van der Waals surface area contributed by atoms with Gasteiger partial charge in [-0.2, -0.15) is 0 Å². The molecule has 1 N–H and O–H groups in total. The van der Waals surface area contributed by atoms with Crippen LogP contribution in [0.1, 0.15) is 0 Å². The third-order valence-electron chi connectivity index (χ3n) is 2.09. The number of rotatable bonds is 4. The second-order valence-corrected chi connectivity index (χ2v) is 5.26. The monoisotopic (exact) mass is 408 g/mol. The molecule has 0 fully saturated rings. The molecule has 1 unspecified atom stereocenters. The summed E-state index contributed by atoms with van der Waals surface area (Å²) >= 11 is -2.20. The molecule has 136 valence electrons. The van der Waals surface area contributed by atoms with Gasteiger partial charge in [0.1, 0.15) is 0 Å². The number of hydrogen-bond donors (Lipinski definition) is 1. The van der Waals surface area contributed by atoms with E-state index in [1.807, 2.05) is 0 Å². The summed E-state index contributed by atoms with van der Waals surface area (Å²) in [6.45, 7) is 0. The molecule has 0 saturated carbocycles. The quantitative estimate of drug-likeness (QED) is 0.440. The molecule has 0 heterocycles. The van der Waals surface area contributed by atoms with Crippen molar-refractivity contribution in [2.75, 3.05) is 0 Å². The van der Waals surface area contributed by atoms with Crippen molar-refractivity contribution in [3.8, 4) is 0 Å². The van der Waals surface area contributed by atoms with Crippen molar-refractivity contribution in [1.82, 2.24) is 0 Å². The predicted octanol–water partition coefficient (Wildman–Crippen LogP) is 3.50. The fourth-order valence-electron chi connectivity index (χ4n) is 0.848. The standard InChI is InChI=1S/C6F13.Na.H3O2P/c7-1(8)2(9,10)3(11,12)4(13,14)5(15,16)6(17,18)19;;1-3-2/h;;3H2,(H,1,2). The van der Waals surface area contributed by atoms with Crippen LogP contribution in [0.25, 0.3) is 0 Å². The molecule has 0 aliphatic heterocycles. The van der Waals surface area contributed by atoms with Gasteiger partial charge in [0.2, 0.25) is 0 Å². The fraction of sp³-hybridized carbons (Fsp3) is 1.00. The van der Waals surface area contributed by atoms with Crippen LogP contribution in [0.15, 0.2) is 0 Å². The minimum absolute atomic E-state index is 1.50. The van der Waals surface area contributed by atoms with E-state index in [0.717, 1.165) is 0 Å². The largest absolute Gasteiger partial charge is 0.348 e. The zero-order valence-electron chi connectivity index (χ0n) is 10.3. The van der Waals surface area contributed by atoms with Crippen LogP contribution in [-0.4, -0.2) is 65.9 Å². The van der Waals surface area contributed by atoms with Crippen LogP contribution >= 0.6 is 8.69 Å². The molecule has 0 amide bonds. The van der Waals surface area contributed by atoms with Crippen molar-refractivity contribution in [2.24, 2.45) is 0 Å². The second kappa shape index (κ2) is 7.26. The molecule has 0 spiro atoms. The third-order valence-corrected chi connectivity index (χ3v) is 2.72. The molecule has 0 aliphatic carbocycles.